The van der Waals surface area contributed by atoms with Crippen LogP contribution < -0.4 is 5.32 Å². The van der Waals surface area contributed by atoms with Crippen molar-refractivity contribution in [3.63, 3.8) is 0 Å². The lowest BCUT2D eigenvalue weighted by Gasteiger charge is -2.14. The first-order valence-electron chi connectivity index (χ1n) is 7.02. The van der Waals surface area contributed by atoms with Crippen LogP contribution >= 0.6 is 0 Å². The number of nitrogens with one attached hydrogen (secondary N) is 1. The van der Waals surface area contributed by atoms with Gasteiger partial charge in [0, 0.05) is 19.8 Å². The molecule has 2 unspecified atom stereocenters. The van der Waals surface area contributed by atoms with E-state index in [0.29, 0.717) is 19.8 Å². The highest BCUT2D eigenvalue weighted by Crippen LogP contribution is 2.11. The summed E-state index contributed by atoms with van der Waals surface area (Å²) in [7, 11) is 0. The molecular weight excluding hydrogens is 234 g/mol. The van der Waals surface area contributed by atoms with Gasteiger partial charge < -0.3 is 25.0 Å². The van der Waals surface area contributed by atoms with Crippen molar-refractivity contribution in [2.75, 3.05) is 39.5 Å². The van der Waals surface area contributed by atoms with Gasteiger partial charge in [-0.25, -0.2) is 0 Å². The van der Waals surface area contributed by atoms with Crippen LogP contribution in [0.25, 0.3) is 0 Å². The molecule has 18 heavy (non-hydrogen) atoms. The second-order valence-corrected chi connectivity index (χ2v) is 4.81. The maximum absolute atomic E-state index is 9.66. The summed E-state index contributed by atoms with van der Waals surface area (Å²) in [5.74, 6) is 0. The first-order chi connectivity index (χ1) is 8.83. The third-order valence-electron chi connectivity index (χ3n) is 3.03. The highest BCUT2D eigenvalue weighted by atomic mass is 16.5. The molecule has 5 nitrogen and oxygen atoms in total. The van der Waals surface area contributed by atoms with Gasteiger partial charge in [-0.05, 0) is 38.6 Å². The van der Waals surface area contributed by atoms with Gasteiger partial charge in [-0.1, -0.05) is 0 Å². The Hall–Kier alpha value is -0.200. The van der Waals surface area contributed by atoms with E-state index in [0.717, 1.165) is 45.3 Å². The Bertz CT molecular complexity index is 186. The number of ether oxygens (including phenoxy) is 2. The summed E-state index contributed by atoms with van der Waals surface area (Å²) in [6.45, 7) is 3.50. The van der Waals surface area contributed by atoms with Crippen LogP contribution in [0.3, 0.4) is 0 Å². The molecule has 3 N–H and O–H groups in total. The van der Waals surface area contributed by atoms with Crippen molar-refractivity contribution in [2.24, 2.45) is 0 Å². The second kappa shape index (κ2) is 10.7. The zero-order valence-electron chi connectivity index (χ0n) is 11.1. The van der Waals surface area contributed by atoms with Gasteiger partial charge >= 0.3 is 0 Å². The van der Waals surface area contributed by atoms with Gasteiger partial charge in [-0.3, -0.25) is 0 Å². The quantitative estimate of drug-likeness (QED) is 0.467. The second-order valence-electron chi connectivity index (χ2n) is 4.81. The monoisotopic (exact) mass is 261 g/mol. The van der Waals surface area contributed by atoms with Gasteiger partial charge in [-0.15, -0.1) is 0 Å². The SMILES string of the molecule is OCCCCCNCC(O)COCC1CCCO1. The van der Waals surface area contributed by atoms with E-state index in [1.165, 1.54) is 0 Å². The van der Waals surface area contributed by atoms with Crippen molar-refractivity contribution >= 4 is 0 Å². The summed E-state index contributed by atoms with van der Waals surface area (Å²) in [6, 6.07) is 0. The van der Waals surface area contributed by atoms with Gasteiger partial charge in [0.2, 0.25) is 0 Å². The minimum atomic E-state index is -0.454. The Kier molecular flexibility index (Phi) is 9.42. The number of hydrogen-bond donors (Lipinski definition) is 3. The van der Waals surface area contributed by atoms with E-state index < -0.39 is 6.10 Å². The van der Waals surface area contributed by atoms with Crippen molar-refractivity contribution in [3.05, 3.63) is 0 Å². The predicted octanol–water partition coefficient (Wildman–Crippen LogP) is 0.295. The van der Waals surface area contributed by atoms with Crippen molar-refractivity contribution in [2.45, 2.75) is 44.3 Å². The molecule has 1 aliphatic rings. The summed E-state index contributed by atoms with van der Waals surface area (Å²) in [5.41, 5.74) is 0. The summed E-state index contributed by atoms with van der Waals surface area (Å²) in [5, 5.41) is 21.4. The molecule has 0 aromatic rings. The van der Waals surface area contributed by atoms with Gasteiger partial charge in [0.15, 0.2) is 0 Å². The van der Waals surface area contributed by atoms with Gasteiger partial charge in [0.1, 0.15) is 0 Å². The zero-order valence-corrected chi connectivity index (χ0v) is 11.1. The van der Waals surface area contributed by atoms with E-state index in [4.69, 9.17) is 14.6 Å². The lowest BCUT2D eigenvalue weighted by molar-refractivity contribution is -0.0163. The van der Waals surface area contributed by atoms with Crippen molar-refractivity contribution in [3.8, 4) is 0 Å². The molecule has 108 valence electrons. The van der Waals surface area contributed by atoms with Crippen LogP contribution in [0.2, 0.25) is 0 Å². The Balaban J connectivity index is 1.82. The highest BCUT2D eigenvalue weighted by Gasteiger charge is 2.15. The maximum Gasteiger partial charge on any atom is 0.0897 e. The molecular formula is C13H27NO4. The van der Waals surface area contributed by atoms with Crippen molar-refractivity contribution in [1.29, 1.82) is 0 Å². The molecule has 2 atom stereocenters. The third-order valence-corrected chi connectivity index (χ3v) is 3.03. The van der Waals surface area contributed by atoms with Crippen LogP contribution in [-0.4, -0.2) is 61.9 Å². The summed E-state index contributed by atoms with van der Waals surface area (Å²) >= 11 is 0. The Morgan fingerprint density at radius 1 is 1.33 bits per heavy atom. The van der Waals surface area contributed by atoms with Gasteiger partial charge in [-0.2, -0.15) is 0 Å². The number of aliphatic hydroxyl groups excluding tert-OH is 2. The molecule has 1 heterocycles. The average molecular weight is 261 g/mol. The molecule has 0 spiro atoms. The predicted molar refractivity (Wildman–Crippen MR) is 69.6 cm³/mol. The molecule has 0 aromatic heterocycles. The topological polar surface area (TPSA) is 71.0 Å². The summed E-state index contributed by atoms with van der Waals surface area (Å²) in [6.07, 6.45) is 4.87. The molecule has 0 amide bonds. The van der Waals surface area contributed by atoms with E-state index in [9.17, 15) is 5.11 Å². The van der Waals surface area contributed by atoms with Crippen LogP contribution in [0.4, 0.5) is 0 Å². The maximum atomic E-state index is 9.66. The van der Waals surface area contributed by atoms with Crippen LogP contribution in [-0.2, 0) is 9.47 Å². The van der Waals surface area contributed by atoms with E-state index in [1.807, 2.05) is 0 Å². The number of unbranched alkanes of at least 4 members (excludes halogenated alkanes) is 2. The molecule has 1 aliphatic heterocycles. The van der Waals surface area contributed by atoms with Crippen LogP contribution in [0.1, 0.15) is 32.1 Å². The fourth-order valence-corrected chi connectivity index (χ4v) is 1.98. The minimum Gasteiger partial charge on any atom is -0.396 e. The Labute approximate surface area is 109 Å². The lowest BCUT2D eigenvalue weighted by atomic mass is 10.2. The molecule has 5 heteroatoms. The average Bonchev–Trinajstić information content (AvgIpc) is 2.87. The number of rotatable bonds is 11. The minimum absolute atomic E-state index is 0.226. The summed E-state index contributed by atoms with van der Waals surface area (Å²) in [4.78, 5) is 0. The molecule has 1 saturated heterocycles. The largest absolute Gasteiger partial charge is 0.396 e. The van der Waals surface area contributed by atoms with E-state index >= 15 is 0 Å². The van der Waals surface area contributed by atoms with Crippen molar-refractivity contribution in [1.82, 2.24) is 5.32 Å². The standard InChI is InChI=1S/C13H27NO4/c15-7-3-1-2-6-14-9-12(16)10-17-11-13-5-4-8-18-13/h12-16H,1-11H2. The Morgan fingerprint density at radius 3 is 2.94 bits per heavy atom. The molecule has 0 bridgehead atoms. The van der Waals surface area contributed by atoms with Gasteiger partial charge in [0.25, 0.3) is 0 Å². The fourth-order valence-electron chi connectivity index (χ4n) is 1.98. The molecule has 0 aliphatic carbocycles. The first-order valence-corrected chi connectivity index (χ1v) is 7.02. The normalized spacial score (nSPS) is 21.3. The third kappa shape index (κ3) is 8.00. The smallest absolute Gasteiger partial charge is 0.0897 e. The number of hydrogen-bond acceptors (Lipinski definition) is 5. The fraction of sp³-hybridized carbons (Fsp3) is 1.00. The number of aliphatic hydroxyl groups is 2. The molecule has 1 fully saturated rings. The highest BCUT2D eigenvalue weighted by molar-refractivity contribution is 4.65. The van der Waals surface area contributed by atoms with Crippen LogP contribution in [0.15, 0.2) is 0 Å². The van der Waals surface area contributed by atoms with Gasteiger partial charge in [0.05, 0.1) is 25.4 Å². The summed E-state index contributed by atoms with van der Waals surface area (Å²) < 4.78 is 10.9. The van der Waals surface area contributed by atoms with Crippen LogP contribution in [0, 0.1) is 0 Å². The lowest BCUT2D eigenvalue weighted by Crippen LogP contribution is -2.32. The molecule has 0 radical (unpaired) electrons. The van der Waals surface area contributed by atoms with E-state index in [2.05, 4.69) is 5.32 Å². The molecule has 0 aromatic carbocycles. The molecule has 0 saturated carbocycles. The van der Waals surface area contributed by atoms with Crippen LogP contribution in [0.5, 0.6) is 0 Å². The first kappa shape index (κ1) is 15.9. The molecule has 1 rings (SSSR count). The Morgan fingerprint density at radius 2 is 2.22 bits per heavy atom. The van der Waals surface area contributed by atoms with E-state index in [1.54, 1.807) is 0 Å². The van der Waals surface area contributed by atoms with Crippen molar-refractivity contribution < 1.29 is 19.7 Å². The zero-order chi connectivity index (χ0) is 13.1. The van der Waals surface area contributed by atoms with E-state index in [-0.39, 0.29) is 12.7 Å².